The van der Waals surface area contributed by atoms with Gasteiger partial charge in [-0.2, -0.15) is 0 Å². The van der Waals surface area contributed by atoms with E-state index in [0.717, 1.165) is 62.0 Å². The van der Waals surface area contributed by atoms with E-state index in [0.29, 0.717) is 35.2 Å². The van der Waals surface area contributed by atoms with E-state index in [1.54, 1.807) is 17.6 Å². The maximum absolute atomic E-state index is 15.0. The van der Waals surface area contributed by atoms with Crippen molar-refractivity contribution < 1.29 is 14.3 Å². The Morgan fingerprint density at radius 1 is 1.15 bits per heavy atom. The molecule has 39 heavy (non-hydrogen) atoms. The number of hydrogen-bond acceptors (Lipinski definition) is 5. The molecule has 1 saturated heterocycles. The number of rotatable bonds is 8. The molecule has 2 aromatic carbocycles. The molecular weight excluding hydrogens is 495 g/mol. The van der Waals surface area contributed by atoms with Gasteiger partial charge in [-0.1, -0.05) is 19.9 Å². The monoisotopic (exact) mass is 534 g/mol. The highest BCUT2D eigenvalue weighted by atomic mass is 19.1. The topological polar surface area (TPSA) is 86.6 Å². The lowest BCUT2D eigenvalue weighted by Crippen LogP contribution is -2.32. The number of carbonyl (C=O) groups excluding carboxylic acids is 1. The van der Waals surface area contributed by atoms with Gasteiger partial charge >= 0.3 is 0 Å². The molecule has 1 aliphatic carbocycles. The predicted octanol–water partition coefficient (Wildman–Crippen LogP) is 3.82. The summed E-state index contributed by atoms with van der Waals surface area (Å²) in [7, 11) is 0. The number of aliphatic hydroxyl groups excluding tert-OH is 1. The van der Waals surface area contributed by atoms with Gasteiger partial charge in [0.15, 0.2) is 0 Å². The van der Waals surface area contributed by atoms with Crippen LogP contribution in [0.15, 0.2) is 41.3 Å². The zero-order chi connectivity index (χ0) is 27.7. The molecule has 2 heterocycles. The zero-order valence-corrected chi connectivity index (χ0v) is 23.1. The molecule has 3 aromatic rings. The van der Waals surface area contributed by atoms with Gasteiger partial charge in [-0.25, -0.2) is 4.39 Å². The van der Waals surface area contributed by atoms with Crippen molar-refractivity contribution in [3.63, 3.8) is 0 Å². The summed E-state index contributed by atoms with van der Waals surface area (Å²) in [4.78, 5) is 28.7. The summed E-state index contributed by atoms with van der Waals surface area (Å²) in [5.74, 6) is -0.684. The van der Waals surface area contributed by atoms with E-state index in [1.807, 2.05) is 38.2 Å². The summed E-state index contributed by atoms with van der Waals surface area (Å²) in [6.07, 6.45) is 4.90. The Kier molecular flexibility index (Phi) is 7.89. The molecule has 0 atom stereocenters. The second-order valence-electron chi connectivity index (χ2n) is 11.9. The molecule has 2 aliphatic rings. The SMILES string of the molecule is Cc1c(F)cc(C(=O)NC2CC2)cc1-c1ccc2c(=O)n(CC(C)(C)CO)cc(CN3CCCNCC3)c2c1. The minimum absolute atomic E-state index is 0.0287. The largest absolute Gasteiger partial charge is 0.396 e. The fourth-order valence-corrected chi connectivity index (χ4v) is 5.30. The Balaban J connectivity index is 1.61. The molecule has 0 unspecified atom stereocenters. The highest BCUT2D eigenvalue weighted by Gasteiger charge is 2.25. The van der Waals surface area contributed by atoms with Crippen LogP contribution in [0, 0.1) is 18.2 Å². The van der Waals surface area contributed by atoms with Crippen LogP contribution in [0.1, 0.15) is 54.6 Å². The van der Waals surface area contributed by atoms with Gasteiger partial charge in [-0.15, -0.1) is 0 Å². The number of benzene rings is 2. The summed E-state index contributed by atoms with van der Waals surface area (Å²) in [6, 6.07) is 8.86. The van der Waals surface area contributed by atoms with Gasteiger partial charge in [-0.05, 0) is 91.2 Å². The van der Waals surface area contributed by atoms with Crippen LogP contribution in [0.4, 0.5) is 4.39 Å². The second kappa shape index (κ2) is 11.2. The van der Waals surface area contributed by atoms with E-state index in [-0.39, 0.29) is 24.1 Å². The number of halogens is 1. The van der Waals surface area contributed by atoms with Crippen LogP contribution in [0.2, 0.25) is 0 Å². The second-order valence-corrected chi connectivity index (χ2v) is 11.9. The highest BCUT2D eigenvalue weighted by Crippen LogP contribution is 2.31. The molecule has 0 radical (unpaired) electrons. The Hall–Kier alpha value is -3.07. The molecule has 1 amide bonds. The van der Waals surface area contributed by atoms with Gasteiger partial charge in [0.1, 0.15) is 5.82 Å². The van der Waals surface area contributed by atoms with E-state index in [2.05, 4.69) is 15.5 Å². The van der Waals surface area contributed by atoms with Gasteiger partial charge in [0.05, 0.1) is 0 Å². The summed E-state index contributed by atoms with van der Waals surface area (Å²) < 4.78 is 16.7. The van der Waals surface area contributed by atoms with Crippen molar-refractivity contribution in [2.45, 2.75) is 59.2 Å². The lowest BCUT2D eigenvalue weighted by molar-refractivity contribution is 0.0950. The Morgan fingerprint density at radius 2 is 1.95 bits per heavy atom. The first-order chi connectivity index (χ1) is 18.6. The molecule has 1 aliphatic heterocycles. The number of pyridine rings is 1. The van der Waals surface area contributed by atoms with Crippen LogP contribution in [0.5, 0.6) is 0 Å². The lowest BCUT2D eigenvalue weighted by Gasteiger charge is -2.25. The van der Waals surface area contributed by atoms with Gasteiger partial charge in [-0.3, -0.25) is 14.5 Å². The summed E-state index contributed by atoms with van der Waals surface area (Å²) in [5.41, 5.74) is 2.65. The van der Waals surface area contributed by atoms with E-state index in [1.165, 1.54) is 6.07 Å². The van der Waals surface area contributed by atoms with Crippen molar-refractivity contribution in [2.75, 3.05) is 32.8 Å². The third-order valence-corrected chi connectivity index (χ3v) is 7.85. The summed E-state index contributed by atoms with van der Waals surface area (Å²) in [5, 5.41) is 17.7. The van der Waals surface area contributed by atoms with E-state index < -0.39 is 11.2 Å². The molecule has 1 aromatic heterocycles. The quantitative estimate of drug-likeness (QED) is 0.409. The molecule has 2 fully saturated rings. The maximum atomic E-state index is 15.0. The maximum Gasteiger partial charge on any atom is 0.258 e. The minimum Gasteiger partial charge on any atom is -0.396 e. The molecular formula is C31H39FN4O3. The summed E-state index contributed by atoms with van der Waals surface area (Å²) in [6.45, 7) is 10.4. The van der Waals surface area contributed by atoms with Crippen LogP contribution < -0.4 is 16.2 Å². The normalized spacial score (nSPS) is 16.8. The standard InChI is InChI=1S/C31H39FN4O3/c1-20-26(14-22(15-28(20)32)29(38)34-24-6-7-24)21-5-8-25-27(13-21)23(16-35-11-4-9-33-10-12-35)17-36(30(25)39)18-31(2,3)19-37/h5,8,13-15,17,24,33,37H,4,6-7,9-12,16,18-19H2,1-3H3,(H,34,38). The van der Waals surface area contributed by atoms with Crippen LogP contribution in [0.3, 0.4) is 0 Å². The van der Waals surface area contributed by atoms with Gasteiger partial charge in [0.25, 0.3) is 11.5 Å². The van der Waals surface area contributed by atoms with E-state index in [9.17, 15) is 14.7 Å². The fourth-order valence-electron chi connectivity index (χ4n) is 5.30. The van der Waals surface area contributed by atoms with Gasteiger partial charge in [0.2, 0.25) is 0 Å². The van der Waals surface area contributed by atoms with Crippen molar-refractivity contribution in [1.82, 2.24) is 20.1 Å². The third kappa shape index (κ3) is 6.24. The number of nitrogens with one attached hydrogen (secondary N) is 2. The van der Waals surface area contributed by atoms with E-state index >= 15 is 4.39 Å². The lowest BCUT2D eigenvalue weighted by atomic mass is 9.93. The first-order valence-electron chi connectivity index (χ1n) is 14.0. The first kappa shape index (κ1) is 27.5. The Morgan fingerprint density at radius 3 is 2.69 bits per heavy atom. The number of nitrogens with zero attached hydrogens (tertiary/aromatic N) is 2. The minimum atomic E-state index is -0.447. The molecule has 208 valence electrons. The van der Waals surface area contributed by atoms with Crippen molar-refractivity contribution in [1.29, 1.82) is 0 Å². The molecule has 3 N–H and O–H groups in total. The average Bonchev–Trinajstić information content (AvgIpc) is 3.76. The Labute approximate surface area is 229 Å². The molecule has 5 rings (SSSR count). The fraction of sp³-hybridized carbons (Fsp3) is 0.484. The number of amides is 1. The van der Waals surface area contributed by atoms with E-state index in [4.69, 9.17) is 0 Å². The van der Waals surface area contributed by atoms with Crippen LogP contribution in [0.25, 0.3) is 21.9 Å². The van der Waals surface area contributed by atoms with Crippen molar-refractivity contribution in [3.05, 3.63) is 69.4 Å². The van der Waals surface area contributed by atoms with Gasteiger partial charge < -0.3 is 20.3 Å². The summed E-state index contributed by atoms with van der Waals surface area (Å²) >= 11 is 0. The molecule has 1 saturated carbocycles. The van der Waals surface area contributed by atoms with Crippen molar-refractivity contribution in [3.8, 4) is 11.1 Å². The van der Waals surface area contributed by atoms with Gasteiger partial charge in [0, 0.05) is 61.4 Å². The molecule has 0 spiro atoms. The smallest absolute Gasteiger partial charge is 0.258 e. The molecule has 0 bridgehead atoms. The average molecular weight is 535 g/mol. The van der Waals surface area contributed by atoms with Crippen molar-refractivity contribution in [2.24, 2.45) is 5.41 Å². The third-order valence-electron chi connectivity index (χ3n) is 7.85. The van der Waals surface area contributed by atoms with Crippen LogP contribution in [-0.2, 0) is 13.1 Å². The number of fused-ring (bicyclic) bond motifs is 1. The zero-order valence-electron chi connectivity index (χ0n) is 23.1. The number of aliphatic hydroxyl groups is 1. The van der Waals surface area contributed by atoms with Crippen LogP contribution in [-0.4, -0.2) is 59.3 Å². The van der Waals surface area contributed by atoms with Crippen molar-refractivity contribution >= 4 is 16.7 Å². The highest BCUT2D eigenvalue weighted by molar-refractivity contribution is 5.97. The number of aromatic nitrogens is 1. The van der Waals surface area contributed by atoms with Crippen LogP contribution >= 0.6 is 0 Å². The molecule has 7 nitrogen and oxygen atoms in total. The Bertz CT molecular complexity index is 1440. The first-order valence-corrected chi connectivity index (χ1v) is 14.0. The molecule has 8 heteroatoms. The number of hydrogen-bond donors (Lipinski definition) is 3. The number of carbonyl (C=O) groups is 1. The predicted molar refractivity (Wildman–Crippen MR) is 152 cm³/mol.